The van der Waals surface area contributed by atoms with Crippen LogP contribution in [0.2, 0.25) is 5.02 Å². The van der Waals surface area contributed by atoms with E-state index in [9.17, 15) is 4.79 Å². The van der Waals surface area contributed by atoms with Crippen LogP contribution in [0.3, 0.4) is 0 Å². The molecule has 1 atom stereocenters. The van der Waals surface area contributed by atoms with Crippen molar-refractivity contribution in [1.82, 2.24) is 4.90 Å². The molecule has 0 amide bonds. The van der Waals surface area contributed by atoms with E-state index in [-0.39, 0.29) is 11.7 Å². The summed E-state index contributed by atoms with van der Waals surface area (Å²) in [5.74, 6) is 0.129. The molecule has 1 aliphatic heterocycles. The zero-order chi connectivity index (χ0) is 13.0. The molecule has 4 heteroatoms. The van der Waals surface area contributed by atoms with Crippen LogP contribution in [0, 0.1) is 0 Å². The highest BCUT2D eigenvalue weighted by molar-refractivity contribution is 6.30. The van der Waals surface area contributed by atoms with Crippen LogP contribution >= 0.6 is 11.6 Å². The third-order valence-corrected chi connectivity index (χ3v) is 3.56. The van der Waals surface area contributed by atoms with Gasteiger partial charge in [-0.05, 0) is 24.6 Å². The van der Waals surface area contributed by atoms with Crippen molar-refractivity contribution in [2.45, 2.75) is 12.8 Å². The first-order valence-electron chi connectivity index (χ1n) is 6.23. The lowest BCUT2D eigenvalue weighted by molar-refractivity contribution is -0.119. The highest BCUT2D eigenvalue weighted by Gasteiger charge is 2.21. The summed E-state index contributed by atoms with van der Waals surface area (Å²) in [6.45, 7) is 5.73. The molecule has 0 radical (unpaired) electrons. The van der Waals surface area contributed by atoms with Gasteiger partial charge in [0.05, 0.1) is 19.1 Å². The number of halogens is 1. The van der Waals surface area contributed by atoms with Crippen molar-refractivity contribution >= 4 is 17.4 Å². The second-order valence-electron chi connectivity index (χ2n) is 4.63. The molecule has 0 saturated carbocycles. The summed E-state index contributed by atoms with van der Waals surface area (Å²) < 4.78 is 5.32. The number of carbonyl (C=O) groups excluding carboxylic acids is 1. The summed E-state index contributed by atoms with van der Waals surface area (Å²) in [6.07, 6.45) is 0. The maximum Gasteiger partial charge on any atom is 0.138 e. The van der Waals surface area contributed by atoms with Crippen LogP contribution in [0.25, 0.3) is 0 Å². The van der Waals surface area contributed by atoms with E-state index in [4.69, 9.17) is 16.3 Å². The topological polar surface area (TPSA) is 29.5 Å². The Kier molecular flexibility index (Phi) is 4.75. The summed E-state index contributed by atoms with van der Waals surface area (Å²) in [5.41, 5.74) is 1.04. The molecule has 0 aliphatic carbocycles. The maximum atomic E-state index is 11.8. The second kappa shape index (κ2) is 6.32. The van der Waals surface area contributed by atoms with E-state index in [2.05, 4.69) is 4.90 Å². The number of rotatable bonds is 4. The van der Waals surface area contributed by atoms with Crippen LogP contribution in [-0.4, -0.2) is 43.5 Å². The third-order valence-electron chi connectivity index (χ3n) is 3.31. The number of hydrogen-bond acceptors (Lipinski definition) is 3. The number of ether oxygens (including phenoxy) is 1. The molecule has 2 rings (SSSR count). The van der Waals surface area contributed by atoms with Crippen LogP contribution in [0.15, 0.2) is 24.3 Å². The van der Waals surface area contributed by atoms with Gasteiger partial charge >= 0.3 is 0 Å². The summed E-state index contributed by atoms with van der Waals surface area (Å²) in [7, 11) is 0. The first-order valence-corrected chi connectivity index (χ1v) is 6.60. The molecule has 1 aromatic rings. The molecule has 1 fully saturated rings. The van der Waals surface area contributed by atoms with Crippen LogP contribution in [0.4, 0.5) is 0 Å². The molecular formula is C14H18ClNO2. The van der Waals surface area contributed by atoms with E-state index in [1.54, 1.807) is 6.92 Å². The minimum atomic E-state index is -0.0691. The molecule has 0 N–H and O–H groups in total. The third kappa shape index (κ3) is 3.55. The predicted molar refractivity (Wildman–Crippen MR) is 72.1 cm³/mol. The molecule has 98 valence electrons. The van der Waals surface area contributed by atoms with Crippen LogP contribution < -0.4 is 0 Å². The number of Topliss-reactive ketones (excluding diaryl/α,β-unsaturated/α-hetero) is 1. The van der Waals surface area contributed by atoms with Crippen LogP contribution in [0.1, 0.15) is 18.4 Å². The molecule has 0 spiro atoms. The van der Waals surface area contributed by atoms with Crippen molar-refractivity contribution in [3.63, 3.8) is 0 Å². The zero-order valence-electron chi connectivity index (χ0n) is 10.6. The van der Waals surface area contributed by atoms with Gasteiger partial charge in [0.15, 0.2) is 0 Å². The van der Waals surface area contributed by atoms with Crippen molar-refractivity contribution < 1.29 is 9.53 Å². The smallest absolute Gasteiger partial charge is 0.138 e. The van der Waals surface area contributed by atoms with Crippen LogP contribution in [0.5, 0.6) is 0 Å². The summed E-state index contributed by atoms with van der Waals surface area (Å²) >= 11 is 5.88. The normalized spacial score (nSPS) is 18.6. The Morgan fingerprint density at radius 1 is 1.33 bits per heavy atom. The molecule has 1 unspecified atom stereocenters. The Labute approximate surface area is 113 Å². The monoisotopic (exact) mass is 267 g/mol. The largest absolute Gasteiger partial charge is 0.379 e. The van der Waals surface area contributed by atoms with E-state index in [1.165, 1.54) is 0 Å². The average molecular weight is 268 g/mol. The standard InChI is InChI=1S/C14H18ClNO2/c1-11(17)14(10-16-6-8-18-9-7-16)12-2-4-13(15)5-3-12/h2-5,14H,6-10H2,1H3. The summed E-state index contributed by atoms with van der Waals surface area (Å²) in [5, 5.41) is 0.701. The van der Waals surface area contributed by atoms with Gasteiger partial charge in [-0.25, -0.2) is 0 Å². The summed E-state index contributed by atoms with van der Waals surface area (Å²) in [6, 6.07) is 7.56. The second-order valence-corrected chi connectivity index (χ2v) is 5.06. The fourth-order valence-corrected chi connectivity index (χ4v) is 2.33. The van der Waals surface area contributed by atoms with Gasteiger partial charge in [-0.15, -0.1) is 0 Å². The van der Waals surface area contributed by atoms with Gasteiger partial charge in [0, 0.05) is 24.7 Å². The van der Waals surface area contributed by atoms with Gasteiger partial charge in [-0.1, -0.05) is 23.7 Å². The number of morpholine rings is 1. The van der Waals surface area contributed by atoms with Gasteiger partial charge in [-0.3, -0.25) is 9.69 Å². The van der Waals surface area contributed by atoms with E-state index in [1.807, 2.05) is 24.3 Å². The number of ketones is 1. The SMILES string of the molecule is CC(=O)C(CN1CCOCC1)c1ccc(Cl)cc1. The Hall–Kier alpha value is -0.900. The summed E-state index contributed by atoms with van der Waals surface area (Å²) in [4.78, 5) is 14.1. The number of carbonyl (C=O) groups is 1. The van der Waals surface area contributed by atoms with Crippen molar-refractivity contribution in [3.05, 3.63) is 34.9 Å². The first-order chi connectivity index (χ1) is 8.66. The highest BCUT2D eigenvalue weighted by atomic mass is 35.5. The minimum Gasteiger partial charge on any atom is -0.379 e. The zero-order valence-corrected chi connectivity index (χ0v) is 11.3. The van der Waals surface area contributed by atoms with Gasteiger partial charge in [-0.2, -0.15) is 0 Å². The quantitative estimate of drug-likeness (QED) is 0.839. The number of hydrogen-bond donors (Lipinski definition) is 0. The molecule has 1 aliphatic rings. The van der Waals surface area contributed by atoms with Crippen molar-refractivity contribution in [1.29, 1.82) is 0 Å². The van der Waals surface area contributed by atoms with E-state index < -0.39 is 0 Å². The van der Waals surface area contributed by atoms with E-state index in [0.29, 0.717) is 5.02 Å². The van der Waals surface area contributed by atoms with E-state index >= 15 is 0 Å². The van der Waals surface area contributed by atoms with Gasteiger partial charge < -0.3 is 4.74 Å². The Balaban J connectivity index is 2.07. The fourth-order valence-electron chi connectivity index (χ4n) is 2.21. The molecule has 1 heterocycles. The van der Waals surface area contributed by atoms with Crippen molar-refractivity contribution in [2.24, 2.45) is 0 Å². The Morgan fingerprint density at radius 3 is 2.50 bits per heavy atom. The molecule has 1 saturated heterocycles. The predicted octanol–water partition coefficient (Wildman–Crippen LogP) is 2.34. The molecule has 18 heavy (non-hydrogen) atoms. The minimum absolute atomic E-state index is 0.0691. The fraction of sp³-hybridized carbons (Fsp3) is 0.500. The Morgan fingerprint density at radius 2 is 1.94 bits per heavy atom. The van der Waals surface area contributed by atoms with Gasteiger partial charge in [0.1, 0.15) is 5.78 Å². The van der Waals surface area contributed by atoms with E-state index in [0.717, 1.165) is 38.4 Å². The van der Waals surface area contributed by atoms with Gasteiger partial charge in [0.2, 0.25) is 0 Å². The lowest BCUT2D eigenvalue weighted by Gasteiger charge is -2.29. The first kappa shape index (κ1) is 13.5. The number of benzene rings is 1. The van der Waals surface area contributed by atoms with Crippen LogP contribution in [-0.2, 0) is 9.53 Å². The Bertz CT molecular complexity index is 399. The highest BCUT2D eigenvalue weighted by Crippen LogP contribution is 2.21. The lowest BCUT2D eigenvalue weighted by atomic mass is 9.95. The molecule has 0 bridgehead atoms. The van der Waals surface area contributed by atoms with Crippen molar-refractivity contribution in [3.8, 4) is 0 Å². The molecule has 0 aromatic heterocycles. The van der Waals surface area contributed by atoms with Gasteiger partial charge in [0.25, 0.3) is 0 Å². The number of nitrogens with zero attached hydrogens (tertiary/aromatic N) is 1. The molecular weight excluding hydrogens is 250 g/mol. The average Bonchev–Trinajstić information content (AvgIpc) is 2.38. The van der Waals surface area contributed by atoms with Crippen molar-refractivity contribution in [2.75, 3.05) is 32.8 Å². The molecule has 3 nitrogen and oxygen atoms in total. The maximum absolute atomic E-state index is 11.8. The lowest BCUT2D eigenvalue weighted by Crippen LogP contribution is -2.40. The molecule has 1 aromatic carbocycles.